The first-order valence-electron chi connectivity index (χ1n) is 7.62. The van der Waals surface area contributed by atoms with Crippen LogP contribution in [0.3, 0.4) is 0 Å². The molecule has 0 bridgehead atoms. The molecule has 17 heavy (non-hydrogen) atoms. The first-order chi connectivity index (χ1) is 8.04. The van der Waals surface area contributed by atoms with Crippen molar-refractivity contribution in [1.82, 2.24) is 0 Å². The number of unbranched alkanes of at least 4 members (excludes halogenated alkanes) is 1. The third-order valence-corrected chi connectivity index (χ3v) is 2.00. The SMILES string of the molecule is CC.CCCC(C)C.CCCCC(C)C.CN. The molecule has 0 saturated carbocycles. The highest BCUT2D eigenvalue weighted by molar-refractivity contribution is 4.42. The van der Waals surface area contributed by atoms with E-state index in [1.54, 1.807) is 0 Å². The maximum absolute atomic E-state index is 4.50. The van der Waals surface area contributed by atoms with Crippen molar-refractivity contribution in [2.24, 2.45) is 17.6 Å². The Labute approximate surface area is 113 Å². The molecule has 0 rings (SSSR count). The molecule has 0 spiro atoms. The molecular weight excluding hydrogens is 206 g/mol. The van der Waals surface area contributed by atoms with Gasteiger partial charge in [-0.1, -0.05) is 87.5 Å². The summed E-state index contributed by atoms with van der Waals surface area (Å²) in [4.78, 5) is 0. The number of rotatable bonds is 5. The van der Waals surface area contributed by atoms with Crippen molar-refractivity contribution in [3.63, 3.8) is 0 Å². The summed E-state index contributed by atoms with van der Waals surface area (Å²) in [5, 5.41) is 0. The Morgan fingerprint density at radius 3 is 1.12 bits per heavy atom. The van der Waals surface area contributed by atoms with Crippen molar-refractivity contribution < 1.29 is 0 Å². The van der Waals surface area contributed by atoms with Crippen molar-refractivity contribution in [3.8, 4) is 0 Å². The van der Waals surface area contributed by atoms with E-state index < -0.39 is 0 Å². The van der Waals surface area contributed by atoms with E-state index in [0.29, 0.717) is 0 Å². The minimum atomic E-state index is 0.898. The first kappa shape index (κ1) is 25.7. The van der Waals surface area contributed by atoms with Gasteiger partial charge in [-0.2, -0.15) is 0 Å². The molecule has 0 fully saturated rings. The van der Waals surface area contributed by atoms with Crippen LogP contribution in [0.2, 0.25) is 0 Å². The third-order valence-electron chi connectivity index (χ3n) is 2.00. The minimum absolute atomic E-state index is 0.898. The van der Waals surface area contributed by atoms with E-state index in [9.17, 15) is 0 Å². The quantitative estimate of drug-likeness (QED) is 0.645. The Balaban J connectivity index is -0.0000000772. The zero-order valence-corrected chi connectivity index (χ0v) is 14.3. The van der Waals surface area contributed by atoms with Crippen LogP contribution >= 0.6 is 0 Å². The maximum atomic E-state index is 4.50. The Bertz CT molecular complexity index is 77.6. The van der Waals surface area contributed by atoms with Gasteiger partial charge in [-0.05, 0) is 18.9 Å². The highest BCUT2D eigenvalue weighted by Crippen LogP contribution is 2.04. The zero-order chi connectivity index (χ0) is 14.7. The lowest BCUT2D eigenvalue weighted by atomic mass is 10.1. The van der Waals surface area contributed by atoms with Gasteiger partial charge in [0, 0.05) is 0 Å². The van der Waals surface area contributed by atoms with Gasteiger partial charge in [-0.15, -0.1) is 0 Å². The predicted octanol–water partition coefficient (Wildman–Crippen LogP) is 5.88. The van der Waals surface area contributed by atoms with Crippen LogP contribution in [-0.4, -0.2) is 7.05 Å². The van der Waals surface area contributed by atoms with E-state index in [1.165, 1.54) is 39.2 Å². The van der Waals surface area contributed by atoms with Gasteiger partial charge in [0.15, 0.2) is 0 Å². The van der Waals surface area contributed by atoms with Gasteiger partial charge >= 0.3 is 0 Å². The van der Waals surface area contributed by atoms with E-state index in [4.69, 9.17) is 0 Å². The van der Waals surface area contributed by atoms with Crippen LogP contribution < -0.4 is 5.73 Å². The normalized spacial score (nSPS) is 8.47. The Kier molecular flexibility index (Phi) is 45.0. The Morgan fingerprint density at radius 1 is 0.706 bits per heavy atom. The molecule has 2 N–H and O–H groups in total. The van der Waals surface area contributed by atoms with E-state index in [2.05, 4.69) is 47.3 Å². The van der Waals surface area contributed by atoms with Crippen molar-refractivity contribution in [2.45, 2.75) is 87.5 Å². The summed E-state index contributed by atoms with van der Waals surface area (Å²) in [5.74, 6) is 1.80. The molecule has 0 aromatic carbocycles. The topological polar surface area (TPSA) is 26.0 Å². The van der Waals surface area contributed by atoms with Gasteiger partial charge in [0.1, 0.15) is 0 Å². The molecular formula is C16H41N. The second kappa shape index (κ2) is 29.7. The monoisotopic (exact) mass is 247 g/mol. The Hall–Kier alpha value is -0.0400. The molecule has 0 aromatic heterocycles. The summed E-state index contributed by atoms with van der Waals surface area (Å²) in [6.07, 6.45) is 6.85. The highest BCUT2D eigenvalue weighted by atomic mass is 14.4. The molecule has 0 aliphatic rings. The van der Waals surface area contributed by atoms with Gasteiger partial charge in [0.05, 0.1) is 0 Å². The zero-order valence-electron chi connectivity index (χ0n) is 14.3. The van der Waals surface area contributed by atoms with Crippen LogP contribution in [0.15, 0.2) is 0 Å². The van der Waals surface area contributed by atoms with E-state index in [0.717, 1.165) is 11.8 Å². The van der Waals surface area contributed by atoms with Crippen LogP contribution in [0.4, 0.5) is 0 Å². The minimum Gasteiger partial charge on any atom is -0.333 e. The summed E-state index contributed by atoms with van der Waals surface area (Å²) < 4.78 is 0. The van der Waals surface area contributed by atoms with Crippen LogP contribution in [0, 0.1) is 11.8 Å². The summed E-state index contributed by atoms with van der Waals surface area (Å²) in [6.45, 7) is 17.5. The first-order valence-corrected chi connectivity index (χ1v) is 7.62. The number of hydrogen-bond acceptors (Lipinski definition) is 1. The molecule has 0 amide bonds. The molecule has 1 nitrogen and oxygen atoms in total. The van der Waals surface area contributed by atoms with E-state index in [1.807, 2.05) is 13.8 Å². The molecule has 0 saturated heterocycles. The van der Waals surface area contributed by atoms with Crippen LogP contribution in [0.25, 0.3) is 0 Å². The summed E-state index contributed by atoms with van der Waals surface area (Å²) in [6, 6.07) is 0. The van der Waals surface area contributed by atoms with Gasteiger partial charge in [-0.25, -0.2) is 0 Å². The number of hydrogen-bond donors (Lipinski definition) is 1. The number of nitrogens with two attached hydrogens (primary N) is 1. The highest BCUT2D eigenvalue weighted by Gasteiger charge is 1.88. The second-order valence-electron chi connectivity index (χ2n) is 4.72. The fraction of sp³-hybridized carbons (Fsp3) is 1.00. The van der Waals surface area contributed by atoms with Crippen LogP contribution in [-0.2, 0) is 0 Å². The predicted molar refractivity (Wildman–Crippen MR) is 85.6 cm³/mol. The van der Waals surface area contributed by atoms with Gasteiger partial charge < -0.3 is 5.73 Å². The van der Waals surface area contributed by atoms with Crippen molar-refractivity contribution >= 4 is 0 Å². The summed E-state index contributed by atoms with van der Waals surface area (Å²) in [5.41, 5.74) is 4.50. The third kappa shape index (κ3) is 64.2. The van der Waals surface area contributed by atoms with Gasteiger partial charge in [0.25, 0.3) is 0 Å². The second-order valence-corrected chi connectivity index (χ2v) is 4.72. The molecule has 0 unspecified atom stereocenters. The molecule has 1 heteroatoms. The molecule has 110 valence electrons. The molecule has 0 radical (unpaired) electrons. The lowest BCUT2D eigenvalue weighted by Crippen LogP contribution is -1.83. The van der Waals surface area contributed by atoms with Crippen LogP contribution in [0.1, 0.15) is 87.5 Å². The fourth-order valence-electron chi connectivity index (χ4n) is 1.19. The molecule has 0 aliphatic heterocycles. The summed E-state index contributed by atoms with van der Waals surface area (Å²) in [7, 11) is 1.50. The fourth-order valence-corrected chi connectivity index (χ4v) is 1.19. The van der Waals surface area contributed by atoms with Crippen LogP contribution in [0.5, 0.6) is 0 Å². The van der Waals surface area contributed by atoms with Gasteiger partial charge in [0.2, 0.25) is 0 Å². The average molecular weight is 248 g/mol. The van der Waals surface area contributed by atoms with Crippen molar-refractivity contribution in [1.29, 1.82) is 0 Å². The van der Waals surface area contributed by atoms with E-state index >= 15 is 0 Å². The lowest BCUT2D eigenvalue weighted by Gasteiger charge is -1.98. The van der Waals surface area contributed by atoms with Crippen molar-refractivity contribution in [2.75, 3.05) is 7.05 Å². The molecule has 0 aromatic rings. The summed E-state index contributed by atoms with van der Waals surface area (Å²) >= 11 is 0. The largest absolute Gasteiger partial charge is 0.333 e. The standard InChI is InChI=1S/C7H16.C6H14.C2H6.CH5N/c1-4-5-6-7(2)3;1-4-5-6(2)3;2*1-2/h7H,4-6H2,1-3H3;6H,4-5H2,1-3H3;1-2H3;2H2,1H3. The Morgan fingerprint density at radius 2 is 1.06 bits per heavy atom. The van der Waals surface area contributed by atoms with Crippen molar-refractivity contribution in [3.05, 3.63) is 0 Å². The molecule has 0 heterocycles. The van der Waals surface area contributed by atoms with E-state index in [-0.39, 0.29) is 0 Å². The lowest BCUT2D eigenvalue weighted by molar-refractivity contribution is 0.550. The molecule has 0 atom stereocenters. The average Bonchev–Trinajstić information content (AvgIpc) is 2.32. The molecule has 0 aliphatic carbocycles. The smallest absolute Gasteiger partial charge is 0.0195 e. The maximum Gasteiger partial charge on any atom is -0.0195 e. The van der Waals surface area contributed by atoms with Gasteiger partial charge in [-0.3, -0.25) is 0 Å².